The van der Waals surface area contributed by atoms with Crippen LogP contribution in [0.25, 0.3) is 0 Å². The molecule has 0 atom stereocenters. The zero-order valence-electron chi connectivity index (χ0n) is 10.7. The molecule has 1 heterocycles. The normalized spacial score (nSPS) is 17.2. The predicted octanol–water partition coefficient (Wildman–Crippen LogP) is 2.26. The van der Waals surface area contributed by atoms with Crippen LogP contribution < -0.4 is 0 Å². The van der Waals surface area contributed by atoms with Crippen LogP contribution in [0.15, 0.2) is 15.7 Å². The van der Waals surface area contributed by atoms with Crippen molar-refractivity contribution >= 4 is 27.3 Å². The van der Waals surface area contributed by atoms with E-state index in [9.17, 15) is 13.2 Å². The molecule has 0 aliphatic heterocycles. The van der Waals surface area contributed by atoms with Gasteiger partial charge in [-0.3, -0.25) is 0 Å². The molecular weight excluding hydrogens is 286 g/mol. The topological polar surface area (TPSA) is 74.7 Å². The van der Waals surface area contributed by atoms with E-state index in [2.05, 4.69) is 0 Å². The molecule has 0 spiro atoms. The second-order valence-electron chi connectivity index (χ2n) is 4.90. The highest BCUT2D eigenvalue weighted by atomic mass is 32.2. The monoisotopic (exact) mass is 303 g/mol. The molecule has 0 amide bonds. The summed E-state index contributed by atoms with van der Waals surface area (Å²) in [7, 11) is -1.99. The molecule has 1 fully saturated rings. The first kappa shape index (κ1) is 14.5. The summed E-state index contributed by atoms with van der Waals surface area (Å²) in [6.45, 7) is 0.517. The minimum Gasteiger partial charge on any atom is -0.478 e. The Labute approximate surface area is 116 Å². The largest absolute Gasteiger partial charge is 0.478 e. The summed E-state index contributed by atoms with van der Waals surface area (Å²) in [5, 5.41) is 10.2. The van der Waals surface area contributed by atoms with Crippen molar-refractivity contribution < 1.29 is 18.3 Å². The van der Waals surface area contributed by atoms with E-state index in [1.54, 1.807) is 7.05 Å². The number of carboxylic acids is 1. The van der Waals surface area contributed by atoms with Crippen molar-refractivity contribution in [3.63, 3.8) is 0 Å². The van der Waals surface area contributed by atoms with Gasteiger partial charge in [0, 0.05) is 19.0 Å². The Hall–Kier alpha value is -0.920. The number of hydrogen-bond donors (Lipinski definition) is 1. The molecule has 0 aromatic carbocycles. The molecule has 1 saturated carbocycles. The minimum atomic E-state index is -3.55. The van der Waals surface area contributed by atoms with E-state index >= 15 is 0 Å². The fourth-order valence-corrected chi connectivity index (χ4v) is 4.98. The smallest absolute Gasteiger partial charge is 0.336 e. The Morgan fingerprint density at radius 1 is 1.47 bits per heavy atom. The maximum atomic E-state index is 12.3. The molecular formula is C12H17NO4S2. The zero-order chi connectivity index (χ0) is 14.0. The second kappa shape index (κ2) is 5.60. The maximum Gasteiger partial charge on any atom is 0.336 e. The lowest BCUT2D eigenvalue weighted by molar-refractivity contribution is 0.0697. The molecule has 0 bridgehead atoms. The summed E-state index contributed by atoms with van der Waals surface area (Å²) in [6, 6.07) is 1.23. The van der Waals surface area contributed by atoms with Gasteiger partial charge < -0.3 is 5.11 Å². The quantitative estimate of drug-likeness (QED) is 0.905. The highest BCUT2D eigenvalue weighted by Gasteiger charge is 2.27. The molecule has 0 saturated heterocycles. The average Bonchev–Trinajstić information content (AvgIpc) is 2.99. The summed E-state index contributed by atoms with van der Waals surface area (Å²) in [5.74, 6) is -0.671. The Kier molecular flexibility index (Phi) is 4.27. The molecule has 7 heteroatoms. The van der Waals surface area contributed by atoms with Gasteiger partial charge in [0.25, 0.3) is 10.0 Å². The van der Waals surface area contributed by atoms with Crippen LogP contribution in [-0.2, 0) is 10.0 Å². The van der Waals surface area contributed by atoms with Gasteiger partial charge in [-0.1, -0.05) is 12.8 Å². The van der Waals surface area contributed by atoms with Crippen molar-refractivity contribution in [2.75, 3.05) is 13.6 Å². The van der Waals surface area contributed by atoms with Gasteiger partial charge in [0.05, 0.1) is 5.56 Å². The first-order valence-electron chi connectivity index (χ1n) is 6.19. The van der Waals surface area contributed by atoms with E-state index in [1.807, 2.05) is 0 Å². The van der Waals surface area contributed by atoms with Crippen molar-refractivity contribution in [2.45, 2.75) is 29.9 Å². The van der Waals surface area contributed by atoms with Crippen LogP contribution in [-0.4, -0.2) is 37.4 Å². The highest BCUT2D eigenvalue weighted by molar-refractivity contribution is 7.91. The number of aromatic carboxylic acids is 1. The van der Waals surface area contributed by atoms with E-state index in [-0.39, 0.29) is 9.77 Å². The fourth-order valence-electron chi connectivity index (χ4n) is 2.37. The molecule has 1 aromatic heterocycles. The zero-order valence-corrected chi connectivity index (χ0v) is 12.3. The number of rotatable bonds is 5. The molecule has 19 heavy (non-hydrogen) atoms. The first-order valence-corrected chi connectivity index (χ1v) is 8.51. The van der Waals surface area contributed by atoms with Crippen LogP contribution in [0.5, 0.6) is 0 Å². The molecule has 1 N–H and O–H groups in total. The maximum absolute atomic E-state index is 12.3. The fraction of sp³-hybridized carbons (Fsp3) is 0.583. The highest BCUT2D eigenvalue weighted by Crippen LogP contribution is 2.28. The van der Waals surface area contributed by atoms with E-state index in [1.165, 1.54) is 28.6 Å². The van der Waals surface area contributed by atoms with Crippen LogP contribution in [0.1, 0.15) is 36.0 Å². The number of nitrogens with zero attached hydrogens (tertiary/aromatic N) is 1. The van der Waals surface area contributed by atoms with Crippen molar-refractivity contribution in [3.05, 3.63) is 17.0 Å². The van der Waals surface area contributed by atoms with E-state index < -0.39 is 16.0 Å². The Balaban J connectivity index is 2.13. The van der Waals surface area contributed by atoms with Crippen LogP contribution in [0.4, 0.5) is 0 Å². The third-order valence-electron chi connectivity index (χ3n) is 3.48. The number of carbonyl (C=O) groups is 1. The average molecular weight is 303 g/mol. The molecule has 2 rings (SSSR count). The van der Waals surface area contributed by atoms with Gasteiger partial charge in [-0.2, -0.15) is 4.31 Å². The van der Waals surface area contributed by atoms with Crippen LogP contribution >= 0.6 is 11.3 Å². The van der Waals surface area contributed by atoms with Crippen LogP contribution in [0, 0.1) is 5.92 Å². The second-order valence-corrected chi connectivity index (χ2v) is 8.08. The summed E-state index contributed by atoms with van der Waals surface area (Å²) < 4.78 is 26.0. The van der Waals surface area contributed by atoms with Crippen molar-refractivity contribution in [1.82, 2.24) is 4.31 Å². The standard InChI is InChI=1S/C12H17NO4S2/c1-13(7-9-4-2-3-5-9)19(16,17)11-6-10(8-18-11)12(14)15/h6,8-9H,2-5,7H2,1H3,(H,14,15). The number of sulfonamides is 1. The van der Waals surface area contributed by atoms with Crippen LogP contribution in [0.3, 0.4) is 0 Å². The Morgan fingerprint density at radius 3 is 2.63 bits per heavy atom. The molecule has 1 aromatic rings. The van der Waals surface area contributed by atoms with Gasteiger partial charge in [0.2, 0.25) is 0 Å². The SMILES string of the molecule is CN(CC1CCCC1)S(=O)(=O)c1cc(C(=O)O)cs1. The molecule has 1 aliphatic carbocycles. The summed E-state index contributed by atoms with van der Waals surface area (Å²) in [6.07, 6.45) is 4.48. The summed E-state index contributed by atoms with van der Waals surface area (Å²) in [4.78, 5) is 10.8. The van der Waals surface area contributed by atoms with E-state index in [0.29, 0.717) is 12.5 Å². The minimum absolute atomic E-state index is 0.0258. The Bertz CT molecular complexity index is 558. The van der Waals surface area contributed by atoms with Gasteiger partial charge in [-0.25, -0.2) is 13.2 Å². The van der Waals surface area contributed by atoms with Crippen LogP contribution in [0.2, 0.25) is 0 Å². The molecule has 0 radical (unpaired) electrons. The van der Waals surface area contributed by atoms with Gasteiger partial charge in [0.15, 0.2) is 0 Å². The molecule has 1 aliphatic rings. The van der Waals surface area contributed by atoms with Gasteiger partial charge in [0.1, 0.15) is 4.21 Å². The number of hydrogen-bond acceptors (Lipinski definition) is 4. The molecule has 106 valence electrons. The summed E-state index contributed by atoms with van der Waals surface area (Å²) in [5.41, 5.74) is 0.0258. The van der Waals surface area contributed by atoms with Gasteiger partial charge in [-0.05, 0) is 24.8 Å². The predicted molar refractivity (Wildman–Crippen MR) is 73.1 cm³/mol. The lowest BCUT2D eigenvalue weighted by Crippen LogP contribution is -2.30. The third kappa shape index (κ3) is 3.16. The third-order valence-corrected chi connectivity index (χ3v) is 6.72. The molecule has 0 unspecified atom stereocenters. The van der Waals surface area contributed by atoms with E-state index in [0.717, 1.165) is 24.2 Å². The lowest BCUT2D eigenvalue weighted by atomic mass is 10.1. The van der Waals surface area contributed by atoms with Gasteiger partial charge >= 0.3 is 5.97 Å². The first-order chi connectivity index (χ1) is 8.91. The Morgan fingerprint density at radius 2 is 2.11 bits per heavy atom. The van der Waals surface area contributed by atoms with Crippen molar-refractivity contribution in [3.8, 4) is 0 Å². The number of carboxylic acid groups (broad SMARTS) is 1. The lowest BCUT2D eigenvalue weighted by Gasteiger charge is -2.19. The van der Waals surface area contributed by atoms with Crippen molar-refractivity contribution in [2.24, 2.45) is 5.92 Å². The van der Waals surface area contributed by atoms with Gasteiger partial charge in [-0.15, -0.1) is 11.3 Å². The summed E-state index contributed by atoms with van der Waals surface area (Å²) >= 11 is 0.961. The van der Waals surface area contributed by atoms with Crippen molar-refractivity contribution in [1.29, 1.82) is 0 Å². The molecule has 5 nitrogen and oxygen atoms in total. The van der Waals surface area contributed by atoms with E-state index in [4.69, 9.17) is 5.11 Å². The number of thiophene rings is 1.